The van der Waals surface area contributed by atoms with Crippen molar-refractivity contribution in [1.82, 2.24) is 15.5 Å². The van der Waals surface area contributed by atoms with Crippen molar-refractivity contribution in [2.75, 3.05) is 39.3 Å². The fourth-order valence-electron chi connectivity index (χ4n) is 2.04. The van der Waals surface area contributed by atoms with E-state index < -0.39 is 0 Å². The number of hydrogen-bond donors (Lipinski definition) is 3. The molecule has 1 fully saturated rings. The van der Waals surface area contributed by atoms with Crippen LogP contribution < -0.4 is 10.6 Å². The summed E-state index contributed by atoms with van der Waals surface area (Å²) in [4.78, 5) is 14.2. The maximum Gasteiger partial charge on any atom is 0.252 e. The van der Waals surface area contributed by atoms with Gasteiger partial charge in [0.25, 0.3) is 5.91 Å². The van der Waals surface area contributed by atoms with Gasteiger partial charge in [-0.15, -0.1) is 0 Å². The van der Waals surface area contributed by atoms with Crippen LogP contribution in [0, 0.1) is 0 Å². The van der Waals surface area contributed by atoms with Crippen LogP contribution in [-0.2, 0) is 0 Å². The number of rotatable bonds is 4. The number of carbonyl (C=O) groups excluding carboxylic acids is 1. The van der Waals surface area contributed by atoms with Crippen molar-refractivity contribution in [3.8, 4) is 5.75 Å². The Hall–Kier alpha value is -1.30. The summed E-state index contributed by atoms with van der Waals surface area (Å²) in [6.07, 6.45) is 0. The summed E-state index contributed by atoms with van der Waals surface area (Å²) in [5.74, 6) is -0.215. The zero-order chi connectivity index (χ0) is 13.7. The minimum atomic E-state index is -0.254. The molecule has 1 aromatic carbocycles. The van der Waals surface area contributed by atoms with Gasteiger partial charge < -0.3 is 15.7 Å². The number of phenolic OH excluding ortho intramolecular Hbond substituents is 1. The Morgan fingerprint density at radius 3 is 2.89 bits per heavy atom. The summed E-state index contributed by atoms with van der Waals surface area (Å²) in [6.45, 7) is 5.39. The SMILES string of the molecule is O=C(NCCN1CCNCC1)c1cc(O)ccc1Cl. The maximum atomic E-state index is 11.9. The first-order chi connectivity index (χ1) is 9.16. The molecule has 0 radical (unpaired) electrons. The largest absolute Gasteiger partial charge is 0.508 e. The van der Waals surface area contributed by atoms with Crippen molar-refractivity contribution in [3.63, 3.8) is 0 Å². The highest BCUT2D eigenvalue weighted by molar-refractivity contribution is 6.33. The normalized spacial score (nSPS) is 16.3. The number of hydrogen-bond acceptors (Lipinski definition) is 4. The minimum absolute atomic E-state index is 0.0386. The molecule has 1 saturated heterocycles. The number of benzene rings is 1. The van der Waals surface area contributed by atoms with E-state index >= 15 is 0 Å². The quantitative estimate of drug-likeness (QED) is 0.760. The van der Waals surface area contributed by atoms with Crippen LogP contribution >= 0.6 is 11.6 Å². The molecule has 104 valence electrons. The molecule has 1 heterocycles. The molecule has 1 aliphatic rings. The van der Waals surface area contributed by atoms with Gasteiger partial charge >= 0.3 is 0 Å². The van der Waals surface area contributed by atoms with Gasteiger partial charge in [0.1, 0.15) is 5.75 Å². The third-order valence-corrected chi connectivity index (χ3v) is 3.45. The second-order valence-electron chi connectivity index (χ2n) is 4.51. The molecule has 1 aliphatic heterocycles. The molecule has 0 unspecified atom stereocenters. The van der Waals surface area contributed by atoms with E-state index in [9.17, 15) is 9.90 Å². The second kappa shape index (κ2) is 6.75. The van der Waals surface area contributed by atoms with Crippen LogP contribution in [0.2, 0.25) is 5.02 Å². The van der Waals surface area contributed by atoms with Gasteiger partial charge in [0.15, 0.2) is 0 Å². The van der Waals surface area contributed by atoms with Gasteiger partial charge in [-0.1, -0.05) is 11.6 Å². The molecule has 5 nitrogen and oxygen atoms in total. The Morgan fingerprint density at radius 1 is 1.42 bits per heavy atom. The molecular weight excluding hydrogens is 266 g/mol. The molecule has 0 bridgehead atoms. The molecule has 0 aliphatic carbocycles. The lowest BCUT2D eigenvalue weighted by Crippen LogP contribution is -2.46. The number of amides is 1. The van der Waals surface area contributed by atoms with Gasteiger partial charge in [0.05, 0.1) is 10.6 Å². The van der Waals surface area contributed by atoms with E-state index in [0.717, 1.165) is 32.7 Å². The van der Waals surface area contributed by atoms with Gasteiger partial charge in [-0.25, -0.2) is 0 Å². The Bertz CT molecular complexity index is 448. The van der Waals surface area contributed by atoms with E-state index in [0.29, 0.717) is 17.1 Å². The Morgan fingerprint density at radius 2 is 2.16 bits per heavy atom. The van der Waals surface area contributed by atoms with Crippen molar-refractivity contribution < 1.29 is 9.90 Å². The van der Waals surface area contributed by atoms with E-state index in [4.69, 9.17) is 11.6 Å². The predicted molar refractivity (Wildman–Crippen MR) is 74.8 cm³/mol. The average Bonchev–Trinajstić information content (AvgIpc) is 2.42. The lowest BCUT2D eigenvalue weighted by molar-refractivity contribution is 0.0947. The molecule has 2 rings (SSSR count). The van der Waals surface area contributed by atoms with Crippen LogP contribution in [0.4, 0.5) is 0 Å². The average molecular weight is 284 g/mol. The second-order valence-corrected chi connectivity index (χ2v) is 4.92. The maximum absolute atomic E-state index is 11.9. The molecule has 19 heavy (non-hydrogen) atoms. The minimum Gasteiger partial charge on any atom is -0.508 e. The number of phenols is 1. The van der Waals surface area contributed by atoms with Gasteiger partial charge in [-0.3, -0.25) is 9.69 Å². The predicted octanol–water partition coefficient (Wildman–Crippen LogP) is 0.681. The topological polar surface area (TPSA) is 64.6 Å². The van der Waals surface area contributed by atoms with Crippen molar-refractivity contribution in [2.24, 2.45) is 0 Å². The van der Waals surface area contributed by atoms with Gasteiger partial charge in [0.2, 0.25) is 0 Å². The Kier molecular flexibility index (Phi) is 5.01. The fraction of sp³-hybridized carbons (Fsp3) is 0.462. The van der Waals surface area contributed by atoms with Crippen LogP contribution in [0.5, 0.6) is 5.75 Å². The number of carbonyl (C=O) groups is 1. The summed E-state index contributed by atoms with van der Waals surface area (Å²) in [7, 11) is 0. The summed E-state index contributed by atoms with van der Waals surface area (Å²) in [5.41, 5.74) is 0.307. The number of aromatic hydroxyl groups is 1. The summed E-state index contributed by atoms with van der Waals surface area (Å²) < 4.78 is 0. The number of halogens is 1. The number of nitrogens with one attached hydrogen (secondary N) is 2. The Labute approximate surface area is 117 Å². The monoisotopic (exact) mass is 283 g/mol. The Balaban J connectivity index is 1.82. The molecule has 0 atom stereocenters. The van der Waals surface area contributed by atoms with E-state index in [-0.39, 0.29) is 11.7 Å². The van der Waals surface area contributed by atoms with Crippen molar-refractivity contribution in [2.45, 2.75) is 0 Å². The van der Waals surface area contributed by atoms with Crippen molar-refractivity contribution in [1.29, 1.82) is 0 Å². The lowest BCUT2D eigenvalue weighted by Gasteiger charge is -2.27. The summed E-state index contributed by atoms with van der Waals surface area (Å²) in [5, 5.41) is 15.8. The first-order valence-electron chi connectivity index (χ1n) is 6.36. The van der Waals surface area contributed by atoms with Crippen LogP contribution in [0.15, 0.2) is 18.2 Å². The lowest BCUT2D eigenvalue weighted by atomic mass is 10.2. The zero-order valence-corrected chi connectivity index (χ0v) is 11.4. The number of nitrogens with zero attached hydrogens (tertiary/aromatic N) is 1. The molecule has 0 saturated carbocycles. The van der Waals surface area contributed by atoms with E-state index in [1.165, 1.54) is 18.2 Å². The van der Waals surface area contributed by atoms with Crippen LogP contribution in [0.1, 0.15) is 10.4 Å². The van der Waals surface area contributed by atoms with E-state index in [2.05, 4.69) is 15.5 Å². The zero-order valence-electron chi connectivity index (χ0n) is 10.7. The van der Waals surface area contributed by atoms with Crippen molar-refractivity contribution >= 4 is 17.5 Å². The highest BCUT2D eigenvalue weighted by Gasteiger charge is 2.12. The first-order valence-corrected chi connectivity index (χ1v) is 6.74. The smallest absolute Gasteiger partial charge is 0.252 e. The molecular formula is C13H18ClN3O2. The van der Waals surface area contributed by atoms with E-state index in [1.54, 1.807) is 0 Å². The standard InChI is InChI=1S/C13H18ClN3O2/c14-12-2-1-10(18)9-11(12)13(19)16-5-8-17-6-3-15-4-7-17/h1-2,9,15,18H,3-8H2,(H,16,19). The number of piperazine rings is 1. The van der Waals surface area contributed by atoms with Gasteiger partial charge in [-0.2, -0.15) is 0 Å². The molecule has 1 aromatic rings. The molecule has 0 spiro atoms. The third kappa shape index (κ3) is 4.09. The van der Waals surface area contributed by atoms with Gasteiger partial charge in [-0.05, 0) is 18.2 Å². The van der Waals surface area contributed by atoms with Crippen LogP contribution in [-0.4, -0.2) is 55.2 Å². The summed E-state index contributed by atoms with van der Waals surface area (Å²) >= 11 is 5.93. The molecule has 0 aromatic heterocycles. The van der Waals surface area contributed by atoms with Crippen molar-refractivity contribution in [3.05, 3.63) is 28.8 Å². The first kappa shape index (κ1) is 14.1. The fourth-order valence-corrected chi connectivity index (χ4v) is 2.25. The molecule has 1 amide bonds. The summed E-state index contributed by atoms with van der Waals surface area (Å²) in [6, 6.07) is 4.35. The van der Waals surface area contributed by atoms with Crippen LogP contribution in [0.25, 0.3) is 0 Å². The molecule has 6 heteroatoms. The van der Waals surface area contributed by atoms with E-state index in [1.807, 2.05) is 0 Å². The highest BCUT2D eigenvalue weighted by atomic mass is 35.5. The molecule has 3 N–H and O–H groups in total. The third-order valence-electron chi connectivity index (χ3n) is 3.12. The highest BCUT2D eigenvalue weighted by Crippen LogP contribution is 2.20. The van der Waals surface area contributed by atoms with Gasteiger partial charge in [0, 0.05) is 39.3 Å². The van der Waals surface area contributed by atoms with Crippen LogP contribution in [0.3, 0.4) is 0 Å².